The molecule has 0 aliphatic heterocycles. The molecule has 0 atom stereocenters. The smallest absolute Gasteiger partial charge is 0.253 e. The summed E-state index contributed by atoms with van der Waals surface area (Å²) >= 11 is 6.18. The Labute approximate surface area is 155 Å². The van der Waals surface area contributed by atoms with Gasteiger partial charge in [-0.15, -0.1) is 0 Å². The van der Waals surface area contributed by atoms with E-state index in [2.05, 4.69) is 5.32 Å². The Bertz CT molecular complexity index is 932. The molecule has 0 saturated carbocycles. The Morgan fingerprint density at radius 1 is 1.08 bits per heavy atom. The number of amides is 1. The van der Waals surface area contributed by atoms with Crippen LogP contribution in [0.5, 0.6) is 11.5 Å². The predicted octanol–water partition coefficient (Wildman–Crippen LogP) is 4.78. The van der Waals surface area contributed by atoms with Crippen molar-refractivity contribution < 1.29 is 13.9 Å². The summed E-state index contributed by atoms with van der Waals surface area (Å²) in [6.07, 6.45) is 0. The fourth-order valence-corrected chi connectivity index (χ4v) is 2.53. The number of nitrogens with two attached hydrogens (primary N) is 1. The lowest BCUT2D eigenvalue weighted by Gasteiger charge is -2.11. The molecule has 0 saturated heterocycles. The maximum Gasteiger partial charge on any atom is 0.253 e. The number of hydrogen-bond donors (Lipinski definition) is 2. The lowest BCUT2D eigenvalue weighted by Crippen LogP contribution is -2.23. The highest BCUT2D eigenvalue weighted by atomic mass is 35.5. The van der Waals surface area contributed by atoms with Crippen molar-refractivity contribution in [2.24, 2.45) is 0 Å². The maximum absolute atomic E-state index is 13.1. The molecule has 0 bridgehead atoms. The van der Waals surface area contributed by atoms with E-state index in [0.29, 0.717) is 16.5 Å². The molecule has 3 N–H and O–H groups in total. The average Bonchev–Trinajstić information content (AvgIpc) is 2.63. The fraction of sp³-hybridized carbons (Fsp3) is 0.0500. The standard InChI is InChI=1S/C20H16ClFN2O2/c21-17-9-6-13(10-19(17)26-15-4-2-1-3-5-15)12-24-20(25)16-8-7-14(22)11-18(16)23/h1-11H,12,23H2,(H,24,25). The van der Waals surface area contributed by atoms with Gasteiger partial charge < -0.3 is 15.8 Å². The van der Waals surface area contributed by atoms with Gasteiger partial charge >= 0.3 is 0 Å². The number of nitrogen functional groups attached to an aromatic ring is 1. The SMILES string of the molecule is Nc1cc(F)ccc1C(=O)NCc1ccc(Cl)c(Oc2ccccc2)c1. The molecule has 0 spiro atoms. The van der Waals surface area contributed by atoms with Crippen molar-refractivity contribution in [3.05, 3.63) is 88.7 Å². The zero-order valence-electron chi connectivity index (χ0n) is 13.7. The summed E-state index contributed by atoms with van der Waals surface area (Å²) in [7, 11) is 0. The van der Waals surface area contributed by atoms with E-state index in [9.17, 15) is 9.18 Å². The number of carbonyl (C=O) groups is 1. The molecule has 3 rings (SSSR count). The van der Waals surface area contributed by atoms with Gasteiger partial charge in [0, 0.05) is 12.2 Å². The minimum absolute atomic E-state index is 0.0895. The number of halogens is 2. The molecule has 0 aliphatic carbocycles. The molecule has 0 aliphatic rings. The first-order valence-electron chi connectivity index (χ1n) is 7.87. The van der Waals surface area contributed by atoms with Crippen molar-refractivity contribution in [3.8, 4) is 11.5 Å². The minimum atomic E-state index is -0.487. The number of rotatable bonds is 5. The first-order valence-corrected chi connectivity index (χ1v) is 8.25. The molecule has 0 heterocycles. The van der Waals surface area contributed by atoms with E-state index < -0.39 is 5.82 Å². The van der Waals surface area contributed by atoms with Gasteiger partial charge in [0.1, 0.15) is 17.3 Å². The molecule has 1 amide bonds. The van der Waals surface area contributed by atoms with Crippen LogP contribution in [0.2, 0.25) is 5.02 Å². The molecule has 6 heteroatoms. The van der Waals surface area contributed by atoms with E-state index in [1.807, 2.05) is 30.3 Å². The summed E-state index contributed by atoms with van der Waals surface area (Å²) in [4.78, 5) is 12.2. The van der Waals surface area contributed by atoms with E-state index in [-0.39, 0.29) is 23.7 Å². The van der Waals surface area contributed by atoms with Crippen LogP contribution in [-0.2, 0) is 6.54 Å². The van der Waals surface area contributed by atoms with Crippen LogP contribution >= 0.6 is 11.6 Å². The lowest BCUT2D eigenvalue weighted by atomic mass is 10.1. The molecule has 132 valence electrons. The largest absolute Gasteiger partial charge is 0.456 e. The second kappa shape index (κ2) is 7.89. The van der Waals surface area contributed by atoms with Crippen LogP contribution in [0.25, 0.3) is 0 Å². The lowest BCUT2D eigenvalue weighted by molar-refractivity contribution is 0.0951. The maximum atomic E-state index is 13.1. The molecule has 4 nitrogen and oxygen atoms in total. The van der Waals surface area contributed by atoms with E-state index in [0.717, 1.165) is 11.6 Å². The molecule has 0 aromatic heterocycles. The summed E-state index contributed by atoms with van der Waals surface area (Å²) in [6, 6.07) is 18.2. The molecule has 3 aromatic carbocycles. The molecule has 26 heavy (non-hydrogen) atoms. The van der Waals surface area contributed by atoms with Gasteiger partial charge in [-0.05, 0) is 48.0 Å². The number of ether oxygens (including phenoxy) is 1. The summed E-state index contributed by atoms with van der Waals surface area (Å²) in [6.45, 7) is 0.248. The van der Waals surface area contributed by atoms with Gasteiger partial charge in [0.05, 0.1) is 10.6 Å². The van der Waals surface area contributed by atoms with Gasteiger partial charge in [0.2, 0.25) is 0 Å². The summed E-state index contributed by atoms with van der Waals surface area (Å²) in [5.41, 5.74) is 6.80. The first-order chi connectivity index (χ1) is 12.5. The third-order valence-corrected chi connectivity index (χ3v) is 3.99. The number of benzene rings is 3. The van der Waals surface area contributed by atoms with Gasteiger partial charge in [-0.25, -0.2) is 4.39 Å². The fourth-order valence-electron chi connectivity index (χ4n) is 2.37. The van der Waals surface area contributed by atoms with Gasteiger partial charge in [0.25, 0.3) is 5.91 Å². The van der Waals surface area contributed by atoms with E-state index in [1.54, 1.807) is 18.2 Å². The van der Waals surface area contributed by atoms with Crippen molar-refractivity contribution in [2.75, 3.05) is 5.73 Å². The Morgan fingerprint density at radius 2 is 1.85 bits per heavy atom. The van der Waals surface area contributed by atoms with E-state index in [4.69, 9.17) is 22.1 Å². The molecule has 3 aromatic rings. The van der Waals surface area contributed by atoms with Gasteiger partial charge in [-0.1, -0.05) is 35.9 Å². The second-order valence-electron chi connectivity index (χ2n) is 5.59. The van der Waals surface area contributed by atoms with Crippen LogP contribution in [0.15, 0.2) is 66.7 Å². The van der Waals surface area contributed by atoms with Crippen molar-refractivity contribution in [2.45, 2.75) is 6.54 Å². The molecular weight excluding hydrogens is 355 g/mol. The molecule has 0 fully saturated rings. The van der Waals surface area contributed by atoms with Gasteiger partial charge in [-0.3, -0.25) is 4.79 Å². The Balaban J connectivity index is 1.70. The van der Waals surface area contributed by atoms with Gasteiger partial charge in [-0.2, -0.15) is 0 Å². The number of nitrogens with one attached hydrogen (secondary N) is 1. The average molecular weight is 371 g/mol. The monoisotopic (exact) mass is 370 g/mol. The third kappa shape index (κ3) is 4.32. The van der Waals surface area contributed by atoms with E-state index >= 15 is 0 Å². The van der Waals surface area contributed by atoms with Crippen molar-refractivity contribution >= 4 is 23.2 Å². The quantitative estimate of drug-likeness (QED) is 0.635. The topological polar surface area (TPSA) is 64.4 Å². The summed E-state index contributed by atoms with van der Waals surface area (Å²) in [5, 5.41) is 3.21. The van der Waals surface area contributed by atoms with Crippen LogP contribution in [-0.4, -0.2) is 5.91 Å². The van der Waals surface area contributed by atoms with Crippen LogP contribution in [0.1, 0.15) is 15.9 Å². The molecule has 0 radical (unpaired) electrons. The number of para-hydroxylation sites is 1. The first kappa shape index (κ1) is 17.8. The highest BCUT2D eigenvalue weighted by Gasteiger charge is 2.11. The Kier molecular flexibility index (Phi) is 5.39. The van der Waals surface area contributed by atoms with Crippen LogP contribution in [0.3, 0.4) is 0 Å². The number of hydrogen-bond acceptors (Lipinski definition) is 3. The van der Waals surface area contributed by atoms with Gasteiger partial charge in [0.15, 0.2) is 0 Å². The van der Waals surface area contributed by atoms with Crippen molar-refractivity contribution in [3.63, 3.8) is 0 Å². The number of anilines is 1. The minimum Gasteiger partial charge on any atom is -0.456 e. The third-order valence-electron chi connectivity index (χ3n) is 3.68. The van der Waals surface area contributed by atoms with Crippen LogP contribution < -0.4 is 15.8 Å². The Morgan fingerprint density at radius 3 is 2.58 bits per heavy atom. The highest BCUT2D eigenvalue weighted by molar-refractivity contribution is 6.32. The summed E-state index contributed by atoms with van der Waals surface area (Å²) < 4.78 is 18.9. The van der Waals surface area contributed by atoms with Crippen molar-refractivity contribution in [1.29, 1.82) is 0 Å². The molecule has 0 unspecified atom stereocenters. The zero-order valence-corrected chi connectivity index (χ0v) is 14.5. The predicted molar refractivity (Wildman–Crippen MR) is 100.0 cm³/mol. The summed E-state index contributed by atoms with van der Waals surface area (Å²) in [5.74, 6) is 0.281. The zero-order chi connectivity index (χ0) is 18.5. The Hall–Kier alpha value is -3.05. The van der Waals surface area contributed by atoms with Crippen LogP contribution in [0, 0.1) is 5.82 Å². The number of carbonyl (C=O) groups excluding carboxylic acids is 1. The van der Waals surface area contributed by atoms with Crippen molar-refractivity contribution in [1.82, 2.24) is 5.32 Å². The normalized spacial score (nSPS) is 10.4. The van der Waals surface area contributed by atoms with Crippen LogP contribution in [0.4, 0.5) is 10.1 Å². The highest BCUT2D eigenvalue weighted by Crippen LogP contribution is 2.30. The molecular formula is C20H16ClFN2O2. The van der Waals surface area contributed by atoms with E-state index in [1.165, 1.54) is 12.1 Å². The second-order valence-corrected chi connectivity index (χ2v) is 6.00.